The Morgan fingerprint density at radius 3 is 2.30 bits per heavy atom. The summed E-state index contributed by atoms with van der Waals surface area (Å²) in [4.78, 5) is 2.69. The van der Waals surface area contributed by atoms with Crippen LogP contribution in [-0.2, 0) is 0 Å². The fourth-order valence-corrected chi connectivity index (χ4v) is 2.63. The normalized spacial score (nSPS) is 46.2. The highest BCUT2D eigenvalue weighted by molar-refractivity contribution is 5.05. The van der Waals surface area contributed by atoms with Crippen LogP contribution < -0.4 is 0 Å². The highest BCUT2D eigenvalue weighted by atomic mass is 15.3. The third-order valence-electron chi connectivity index (χ3n) is 3.02. The standard InChI is InChI=1S/C9H17N/c1-6(2)10-7(3)4-8-5-9(8)10/h6-9H,4-5H2,1-3H3/t7-,8-,9+/m1/s1. The van der Waals surface area contributed by atoms with E-state index in [1.807, 2.05) is 0 Å². The molecule has 0 aromatic carbocycles. The zero-order valence-corrected chi connectivity index (χ0v) is 7.17. The molecule has 0 spiro atoms. The van der Waals surface area contributed by atoms with Crippen LogP contribution in [0.2, 0.25) is 0 Å². The van der Waals surface area contributed by atoms with Gasteiger partial charge in [-0.05, 0) is 39.5 Å². The van der Waals surface area contributed by atoms with Crippen LogP contribution >= 0.6 is 0 Å². The van der Waals surface area contributed by atoms with Crippen LogP contribution in [0.4, 0.5) is 0 Å². The molecule has 0 unspecified atom stereocenters. The van der Waals surface area contributed by atoms with Crippen LogP contribution in [0.1, 0.15) is 33.6 Å². The summed E-state index contributed by atoms with van der Waals surface area (Å²) in [5, 5.41) is 0. The minimum atomic E-state index is 0.771. The van der Waals surface area contributed by atoms with Gasteiger partial charge in [-0.1, -0.05) is 0 Å². The first-order valence-electron chi connectivity index (χ1n) is 4.47. The van der Waals surface area contributed by atoms with E-state index in [9.17, 15) is 0 Å². The zero-order valence-electron chi connectivity index (χ0n) is 7.17. The number of rotatable bonds is 1. The number of hydrogen-bond donors (Lipinski definition) is 0. The molecule has 1 saturated carbocycles. The molecular weight excluding hydrogens is 122 g/mol. The summed E-state index contributed by atoms with van der Waals surface area (Å²) in [6, 6.07) is 2.62. The first kappa shape index (κ1) is 6.66. The molecule has 1 saturated heterocycles. The summed E-state index contributed by atoms with van der Waals surface area (Å²) in [6.45, 7) is 7.00. The lowest BCUT2D eigenvalue weighted by molar-refractivity contribution is 0.183. The van der Waals surface area contributed by atoms with Gasteiger partial charge in [0.2, 0.25) is 0 Å². The van der Waals surface area contributed by atoms with Gasteiger partial charge in [-0.2, -0.15) is 0 Å². The quantitative estimate of drug-likeness (QED) is 0.536. The Labute approximate surface area is 63.4 Å². The Morgan fingerprint density at radius 2 is 2.00 bits per heavy atom. The maximum absolute atomic E-state index is 2.69. The molecule has 0 radical (unpaired) electrons. The summed E-state index contributed by atoms with van der Waals surface area (Å²) in [7, 11) is 0. The van der Waals surface area contributed by atoms with Crippen molar-refractivity contribution in [2.75, 3.05) is 0 Å². The van der Waals surface area contributed by atoms with E-state index in [2.05, 4.69) is 25.7 Å². The number of piperidine rings is 1. The minimum absolute atomic E-state index is 0.771. The lowest BCUT2D eigenvalue weighted by Gasteiger charge is -2.28. The Hall–Kier alpha value is -0.0400. The summed E-state index contributed by atoms with van der Waals surface area (Å²) >= 11 is 0. The molecule has 2 aliphatic rings. The molecule has 2 fully saturated rings. The van der Waals surface area contributed by atoms with Crippen molar-refractivity contribution in [3.8, 4) is 0 Å². The summed E-state index contributed by atoms with van der Waals surface area (Å²) in [6.07, 6.45) is 2.95. The molecule has 2 rings (SSSR count). The number of likely N-dealkylation sites (tertiary alicyclic amines) is 1. The smallest absolute Gasteiger partial charge is 0.0133 e. The monoisotopic (exact) mass is 139 g/mol. The predicted molar refractivity (Wildman–Crippen MR) is 42.9 cm³/mol. The maximum Gasteiger partial charge on any atom is 0.0133 e. The second kappa shape index (κ2) is 1.97. The lowest BCUT2D eigenvalue weighted by Crippen LogP contribution is -2.36. The van der Waals surface area contributed by atoms with Crippen LogP contribution in [-0.4, -0.2) is 23.0 Å². The van der Waals surface area contributed by atoms with E-state index in [1.54, 1.807) is 0 Å². The molecule has 1 heterocycles. The topological polar surface area (TPSA) is 3.24 Å². The summed E-state index contributed by atoms with van der Waals surface area (Å²) in [5.41, 5.74) is 0. The Kier molecular flexibility index (Phi) is 1.31. The van der Waals surface area contributed by atoms with Gasteiger partial charge in [-0.25, -0.2) is 0 Å². The molecule has 1 aliphatic heterocycles. The van der Waals surface area contributed by atoms with Crippen molar-refractivity contribution >= 4 is 0 Å². The van der Waals surface area contributed by atoms with Crippen molar-refractivity contribution in [1.29, 1.82) is 0 Å². The van der Waals surface area contributed by atoms with Crippen molar-refractivity contribution in [2.45, 2.75) is 51.7 Å². The SMILES string of the molecule is CC(C)N1[C@H](C)C[C@@H]2C[C@@H]21. The van der Waals surface area contributed by atoms with Crippen LogP contribution in [0.5, 0.6) is 0 Å². The largest absolute Gasteiger partial charge is 0.295 e. The molecule has 1 heteroatoms. The summed E-state index contributed by atoms with van der Waals surface area (Å²) < 4.78 is 0. The van der Waals surface area contributed by atoms with Gasteiger partial charge in [-0.3, -0.25) is 4.90 Å². The van der Waals surface area contributed by atoms with E-state index in [0.717, 1.165) is 24.0 Å². The molecule has 0 aromatic heterocycles. The minimum Gasteiger partial charge on any atom is -0.295 e. The van der Waals surface area contributed by atoms with E-state index in [1.165, 1.54) is 12.8 Å². The highest BCUT2D eigenvalue weighted by Gasteiger charge is 2.50. The number of nitrogens with zero attached hydrogens (tertiary/aromatic N) is 1. The van der Waals surface area contributed by atoms with Crippen LogP contribution in [0.25, 0.3) is 0 Å². The third kappa shape index (κ3) is 0.800. The number of hydrogen-bond acceptors (Lipinski definition) is 1. The van der Waals surface area contributed by atoms with E-state index >= 15 is 0 Å². The Morgan fingerprint density at radius 1 is 1.30 bits per heavy atom. The van der Waals surface area contributed by atoms with Crippen LogP contribution in [0.15, 0.2) is 0 Å². The average Bonchev–Trinajstić information content (AvgIpc) is 2.42. The molecule has 58 valence electrons. The molecule has 0 bridgehead atoms. The summed E-state index contributed by atoms with van der Waals surface area (Å²) in [5.74, 6) is 1.08. The van der Waals surface area contributed by atoms with Crippen molar-refractivity contribution in [1.82, 2.24) is 4.90 Å². The molecule has 1 nitrogen and oxygen atoms in total. The Balaban J connectivity index is 2.05. The lowest BCUT2D eigenvalue weighted by atomic mass is 10.2. The van der Waals surface area contributed by atoms with E-state index < -0.39 is 0 Å². The zero-order chi connectivity index (χ0) is 7.30. The number of fused-ring (bicyclic) bond motifs is 1. The first-order valence-corrected chi connectivity index (χ1v) is 4.47. The van der Waals surface area contributed by atoms with Crippen molar-refractivity contribution < 1.29 is 0 Å². The van der Waals surface area contributed by atoms with Gasteiger partial charge in [0.15, 0.2) is 0 Å². The van der Waals surface area contributed by atoms with Crippen molar-refractivity contribution in [3.63, 3.8) is 0 Å². The van der Waals surface area contributed by atoms with Gasteiger partial charge < -0.3 is 0 Å². The van der Waals surface area contributed by atoms with Gasteiger partial charge in [-0.15, -0.1) is 0 Å². The van der Waals surface area contributed by atoms with E-state index in [0.29, 0.717) is 0 Å². The van der Waals surface area contributed by atoms with Gasteiger partial charge in [0.25, 0.3) is 0 Å². The Bertz CT molecular complexity index is 140. The van der Waals surface area contributed by atoms with Crippen molar-refractivity contribution in [3.05, 3.63) is 0 Å². The maximum atomic E-state index is 2.69. The first-order chi connectivity index (χ1) is 4.70. The molecule has 3 atom stereocenters. The molecule has 10 heavy (non-hydrogen) atoms. The van der Waals surface area contributed by atoms with Gasteiger partial charge >= 0.3 is 0 Å². The van der Waals surface area contributed by atoms with Crippen LogP contribution in [0.3, 0.4) is 0 Å². The van der Waals surface area contributed by atoms with Crippen molar-refractivity contribution in [2.24, 2.45) is 5.92 Å². The van der Waals surface area contributed by atoms with Gasteiger partial charge in [0.05, 0.1) is 0 Å². The van der Waals surface area contributed by atoms with Gasteiger partial charge in [0, 0.05) is 18.1 Å². The third-order valence-corrected chi connectivity index (χ3v) is 3.02. The fraction of sp³-hybridized carbons (Fsp3) is 1.00. The fourth-order valence-electron chi connectivity index (χ4n) is 2.63. The average molecular weight is 139 g/mol. The van der Waals surface area contributed by atoms with E-state index in [4.69, 9.17) is 0 Å². The second-order valence-corrected chi connectivity index (χ2v) is 4.19. The molecule has 0 amide bonds. The second-order valence-electron chi connectivity index (χ2n) is 4.19. The molecule has 0 N–H and O–H groups in total. The molecule has 0 aromatic rings. The predicted octanol–water partition coefficient (Wildman–Crippen LogP) is 1.88. The highest BCUT2D eigenvalue weighted by Crippen LogP contribution is 2.48. The molecular formula is C9H17N. The van der Waals surface area contributed by atoms with E-state index in [-0.39, 0.29) is 0 Å². The van der Waals surface area contributed by atoms with Crippen LogP contribution in [0, 0.1) is 5.92 Å². The van der Waals surface area contributed by atoms with Gasteiger partial charge in [0.1, 0.15) is 0 Å². The molecule has 1 aliphatic carbocycles.